The van der Waals surface area contributed by atoms with Crippen LogP contribution in [-0.4, -0.2) is 6.54 Å². The van der Waals surface area contributed by atoms with E-state index in [0.717, 1.165) is 11.5 Å². The average molecular weight is 289 g/mol. The Labute approximate surface area is 125 Å². The molecule has 3 heteroatoms. The van der Waals surface area contributed by atoms with Crippen LogP contribution in [0.2, 0.25) is 0 Å². The van der Waals surface area contributed by atoms with Crippen LogP contribution in [0.25, 0.3) is 0 Å². The largest absolute Gasteiger partial charge is 0.465 e. The van der Waals surface area contributed by atoms with Gasteiger partial charge in [0.2, 0.25) is 0 Å². The molecule has 0 radical (unpaired) electrons. The number of benzene rings is 1. The first-order chi connectivity index (χ1) is 9.40. The molecule has 0 fully saturated rings. The van der Waals surface area contributed by atoms with Crippen LogP contribution in [0.5, 0.6) is 0 Å². The zero-order valence-corrected chi connectivity index (χ0v) is 13.5. The van der Waals surface area contributed by atoms with Gasteiger partial charge in [-0.2, -0.15) is 0 Å². The molecular weight excluding hydrogens is 266 g/mol. The summed E-state index contributed by atoms with van der Waals surface area (Å²) >= 11 is 1.76. The Bertz CT molecular complexity index is 551. The number of hydrogen-bond donors (Lipinski definition) is 1. The molecular formula is C17H23NOS. The lowest BCUT2D eigenvalue weighted by molar-refractivity contribution is 0.481. The molecule has 0 bridgehead atoms. The second kappa shape index (κ2) is 6.06. The number of aryl methyl sites for hydroxylation is 1. The normalized spacial score (nSPS) is 13.4. The lowest BCUT2D eigenvalue weighted by Gasteiger charge is -2.19. The van der Waals surface area contributed by atoms with Crippen LogP contribution in [0.3, 0.4) is 0 Å². The number of rotatable bonds is 4. The molecule has 1 aromatic heterocycles. The Kier molecular flexibility index (Phi) is 4.61. The van der Waals surface area contributed by atoms with Crippen molar-refractivity contribution in [1.29, 1.82) is 0 Å². The van der Waals surface area contributed by atoms with Crippen LogP contribution in [0.15, 0.2) is 45.7 Å². The van der Waals surface area contributed by atoms with Gasteiger partial charge in [-0.1, -0.05) is 32.9 Å². The molecule has 0 amide bonds. The van der Waals surface area contributed by atoms with E-state index in [1.165, 1.54) is 10.5 Å². The smallest absolute Gasteiger partial charge is 0.118 e. The second-order valence-electron chi connectivity index (χ2n) is 6.06. The zero-order valence-electron chi connectivity index (χ0n) is 12.6. The zero-order chi connectivity index (χ0) is 14.8. The molecule has 0 aliphatic carbocycles. The van der Waals surface area contributed by atoms with Crippen LogP contribution in [0.4, 0.5) is 0 Å². The van der Waals surface area contributed by atoms with Gasteiger partial charge in [-0.05, 0) is 42.2 Å². The molecule has 0 aliphatic heterocycles. The topological polar surface area (TPSA) is 39.2 Å². The molecule has 0 saturated heterocycles. The SMILES string of the molecule is Cc1ccc(C(CN)Sc2ccc(C(C)(C)C)cc2)o1. The van der Waals surface area contributed by atoms with Crippen molar-refractivity contribution in [1.82, 2.24) is 0 Å². The van der Waals surface area contributed by atoms with E-state index in [2.05, 4.69) is 45.0 Å². The van der Waals surface area contributed by atoms with Crippen molar-refractivity contribution in [3.05, 3.63) is 53.5 Å². The lowest BCUT2D eigenvalue weighted by Crippen LogP contribution is -2.11. The standard InChI is InChI=1S/C17H23NOS/c1-12-5-10-15(19-12)16(11-18)20-14-8-6-13(7-9-14)17(2,3)4/h5-10,16H,11,18H2,1-4H3. The minimum atomic E-state index is 0.171. The maximum absolute atomic E-state index is 5.88. The fraction of sp³-hybridized carbons (Fsp3) is 0.412. The van der Waals surface area contributed by atoms with Gasteiger partial charge in [0, 0.05) is 11.4 Å². The number of nitrogens with two attached hydrogens (primary N) is 1. The van der Waals surface area contributed by atoms with Crippen molar-refractivity contribution in [2.45, 2.75) is 43.3 Å². The predicted octanol–water partition coefficient (Wildman–Crippen LogP) is 4.68. The Morgan fingerprint density at radius 1 is 1.10 bits per heavy atom. The van der Waals surface area contributed by atoms with Gasteiger partial charge in [-0.3, -0.25) is 0 Å². The van der Waals surface area contributed by atoms with Crippen molar-refractivity contribution in [2.24, 2.45) is 5.73 Å². The highest BCUT2D eigenvalue weighted by molar-refractivity contribution is 7.99. The summed E-state index contributed by atoms with van der Waals surface area (Å²) in [7, 11) is 0. The van der Waals surface area contributed by atoms with Gasteiger partial charge in [0.05, 0.1) is 5.25 Å². The number of hydrogen-bond acceptors (Lipinski definition) is 3. The monoisotopic (exact) mass is 289 g/mol. The number of furan rings is 1. The predicted molar refractivity (Wildman–Crippen MR) is 86.2 cm³/mol. The van der Waals surface area contributed by atoms with Crippen LogP contribution >= 0.6 is 11.8 Å². The van der Waals surface area contributed by atoms with Crippen molar-refractivity contribution >= 4 is 11.8 Å². The van der Waals surface area contributed by atoms with E-state index in [1.54, 1.807) is 11.8 Å². The summed E-state index contributed by atoms with van der Waals surface area (Å²) < 4.78 is 5.69. The lowest BCUT2D eigenvalue weighted by atomic mass is 9.87. The van der Waals surface area contributed by atoms with Crippen molar-refractivity contribution < 1.29 is 4.42 Å². The Hall–Kier alpha value is -1.19. The van der Waals surface area contributed by atoms with E-state index >= 15 is 0 Å². The van der Waals surface area contributed by atoms with Gasteiger partial charge >= 0.3 is 0 Å². The molecule has 2 aromatic rings. The molecule has 0 saturated carbocycles. The van der Waals surface area contributed by atoms with Crippen LogP contribution in [0, 0.1) is 6.92 Å². The molecule has 20 heavy (non-hydrogen) atoms. The van der Waals surface area contributed by atoms with Gasteiger partial charge in [0.15, 0.2) is 0 Å². The van der Waals surface area contributed by atoms with Crippen molar-refractivity contribution in [3.63, 3.8) is 0 Å². The molecule has 0 aliphatic rings. The average Bonchev–Trinajstić information content (AvgIpc) is 2.82. The summed E-state index contributed by atoms with van der Waals surface area (Å²) in [6.45, 7) is 9.20. The van der Waals surface area contributed by atoms with Crippen molar-refractivity contribution in [2.75, 3.05) is 6.54 Å². The third-order valence-electron chi connectivity index (χ3n) is 3.29. The summed E-state index contributed by atoms with van der Waals surface area (Å²) in [6, 6.07) is 12.7. The van der Waals surface area contributed by atoms with Gasteiger partial charge in [-0.15, -0.1) is 11.8 Å². The van der Waals surface area contributed by atoms with Crippen molar-refractivity contribution in [3.8, 4) is 0 Å². The fourth-order valence-electron chi connectivity index (χ4n) is 2.05. The summed E-state index contributed by atoms with van der Waals surface area (Å²) in [6.07, 6.45) is 0. The first-order valence-corrected chi connectivity index (χ1v) is 7.81. The molecule has 2 rings (SSSR count). The molecule has 1 atom stereocenters. The number of thioether (sulfide) groups is 1. The van der Waals surface area contributed by atoms with E-state index < -0.39 is 0 Å². The Morgan fingerprint density at radius 3 is 2.20 bits per heavy atom. The first kappa shape index (κ1) is 15.2. The van der Waals surface area contributed by atoms with Gasteiger partial charge in [0.1, 0.15) is 11.5 Å². The minimum Gasteiger partial charge on any atom is -0.465 e. The molecule has 1 aromatic carbocycles. The second-order valence-corrected chi connectivity index (χ2v) is 7.34. The molecule has 1 unspecified atom stereocenters. The highest BCUT2D eigenvalue weighted by Crippen LogP contribution is 2.36. The highest BCUT2D eigenvalue weighted by atomic mass is 32.2. The highest BCUT2D eigenvalue weighted by Gasteiger charge is 2.17. The molecule has 1 heterocycles. The van der Waals surface area contributed by atoms with E-state index in [-0.39, 0.29) is 10.7 Å². The van der Waals surface area contributed by atoms with Crippen LogP contribution in [0.1, 0.15) is 43.1 Å². The van der Waals surface area contributed by atoms with E-state index in [4.69, 9.17) is 10.2 Å². The Balaban J connectivity index is 2.12. The van der Waals surface area contributed by atoms with Gasteiger partial charge in [0.25, 0.3) is 0 Å². The van der Waals surface area contributed by atoms with Crippen LogP contribution < -0.4 is 5.73 Å². The summed E-state index contributed by atoms with van der Waals surface area (Å²) in [4.78, 5) is 1.22. The van der Waals surface area contributed by atoms with Crippen LogP contribution in [-0.2, 0) is 5.41 Å². The maximum atomic E-state index is 5.88. The summed E-state index contributed by atoms with van der Waals surface area (Å²) in [5.74, 6) is 1.89. The molecule has 0 spiro atoms. The third kappa shape index (κ3) is 3.68. The third-order valence-corrected chi connectivity index (χ3v) is 4.54. The fourth-order valence-corrected chi connectivity index (χ4v) is 3.01. The molecule has 2 N–H and O–H groups in total. The minimum absolute atomic E-state index is 0.171. The summed E-state index contributed by atoms with van der Waals surface area (Å²) in [5, 5.41) is 0.171. The quantitative estimate of drug-likeness (QED) is 0.831. The summed E-state index contributed by atoms with van der Waals surface area (Å²) in [5.41, 5.74) is 7.42. The van der Waals surface area contributed by atoms with E-state index in [1.807, 2.05) is 19.1 Å². The maximum Gasteiger partial charge on any atom is 0.118 e. The Morgan fingerprint density at radius 2 is 1.75 bits per heavy atom. The molecule has 108 valence electrons. The van der Waals surface area contributed by atoms with E-state index in [0.29, 0.717) is 6.54 Å². The molecule has 2 nitrogen and oxygen atoms in total. The van der Waals surface area contributed by atoms with Gasteiger partial charge < -0.3 is 10.2 Å². The van der Waals surface area contributed by atoms with Gasteiger partial charge in [-0.25, -0.2) is 0 Å². The van der Waals surface area contributed by atoms with E-state index in [9.17, 15) is 0 Å². The first-order valence-electron chi connectivity index (χ1n) is 6.94.